The van der Waals surface area contributed by atoms with Crippen molar-refractivity contribution in [2.45, 2.75) is 153 Å². The van der Waals surface area contributed by atoms with Crippen LogP contribution in [0.5, 0.6) is 0 Å². The molecule has 0 bridgehead atoms. The second-order valence-electron chi connectivity index (χ2n) is 21.3. The summed E-state index contributed by atoms with van der Waals surface area (Å²) in [6.07, 6.45) is -0.470. The van der Waals surface area contributed by atoms with Crippen molar-refractivity contribution < 1.29 is 82.6 Å². The molecule has 66 heavy (non-hydrogen) atoms. The van der Waals surface area contributed by atoms with Crippen LogP contribution >= 0.6 is 7.82 Å². The van der Waals surface area contributed by atoms with E-state index in [2.05, 4.69) is 0 Å². The third-order valence-electron chi connectivity index (χ3n) is 18.8. The molecule has 0 aliphatic heterocycles. The summed E-state index contributed by atoms with van der Waals surface area (Å²) >= 11 is 0. The maximum absolute atomic E-state index is 13.6. The van der Waals surface area contributed by atoms with Crippen molar-refractivity contribution in [1.82, 2.24) is 0 Å². The second kappa shape index (κ2) is 18.9. The first-order valence-electron chi connectivity index (χ1n) is 22.8. The van der Waals surface area contributed by atoms with Crippen LogP contribution in [-0.4, -0.2) is 179 Å². The monoisotopic (exact) mass is 966 g/mol. The van der Waals surface area contributed by atoms with Crippen molar-refractivity contribution in [3.63, 3.8) is 0 Å². The molecule has 3 unspecified atom stereocenters. The van der Waals surface area contributed by atoms with Crippen LogP contribution < -0.4 is 0 Å². The number of ketones is 4. The Kier molecular flexibility index (Phi) is 15.5. The Bertz CT molecular complexity index is 2150. The van der Waals surface area contributed by atoms with Crippen molar-refractivity contribution in [2.24, 2.45) is 57.2 Å². The molecule has 0 heterocycles. The molecule has 8 aliphatic rings. The first-order chi connectivity index (χ1) is 29.8. The summed E-state index contributed by atoms with van der Waals surface area (Å²) in [4.78, 5) is 89.4. The number of rotatable bonds is 11. The standard InChI is InChI=1S/C46H63O17P.2Na.2H/c1-41-19-31(51)39-27(29(41)11-13-45(41,57)33(53)21-47)7-5-23-15-25(49)17-35(43(23,39)3)61-37(55)9-10-38(56)63-64(59,60)62-36-18-26(50)16-24-6-8-28-30-12-14-46(58,34(54)22-48)42(30,2)20-32(52)40(28)44(24,36)4;;;;/h15-16,27-32,35-36,39-40,47-48,51-52,57-58H,5-14,17-22H2,1-4H3,(H,59,60);;;;/t27-,28-,29-,30-,31-,32-,35?,36?,39+,40+,41-,42-,43+,44+,45-,46-;;;;/m0..../s1. The van der Waals surface area contributed by atoms with Gasteiger partial charge in [-0.25, -0.2) is 4.57 Å². The predicted molar refractivity (Wildman–Crippen MR) is 235 cm³/mol. The van der Waals surface area contributed by atoms with E-state index in [4.69, 9.17) is 13.8 Å². The zero-order chi connectivity index (χ0) is 46.7. The molecule has 20 heteroatoms. The molecule has 0 amide bonds. The number of hydrogen-bond donors (Lipinski definition) is 7. The third kappa shape index (κ3) is 8.19. The van der Waals surface area contributed by atoms with E-state index in [1.165, 1.54) is 12.2 Å². The van der Waals surface area contributed by atoms with Gasteiger partial charge in [-0.1, -0.05) is 38.8 Å². The molecule has 6 fully saturated rings. The quantitative estimate of drug-likeness (QED) is 0.0871. The van der Waals surface area contributed by atoms with Gasteiger partial charge in [0, 0.05) is 40.4 Å². The molecule has 358 valence electrons. The van der Waals surface area contributed by atoms with Crippen LogP contribution in [0, 0.1) is 57.2 Å². The Balaban J connectivity index is 0.00000360. The van der Waals surface area contributed by atoms with Gasteiger partial charge in [0.25, 0.3) is 0 Å². The van der Waals surface area contributed by atoms with Crippen LogP contribution in [0.25, 0.3) is 0 Å². The summed E-state index contributed by atoms with van der Waals surface area (Å²) in [5, 5.41) is 66.3. The third-order valence-corrected chi connectivity index (χ3v) is 19.7. The SMILES string of the molecule is C[C@]12C[C@H](O)[C@H]3[C@@H](CCC4=CC(=O)CC(OC(=O)CCC(=O)OP(=O)(O)OC5CC(=O)C=C6CC[C@@H]7[C@H]([C@@H](O)C[C@@]8(C)[C@H]7CC[C@]8(O)C(=O)CO)[C@]65C)[C@@]43C)[C@@H]1CC[C@]2(O)C(=O)CO.[NaH].[NaH]. The van der Waals surface area contributed by atoms with E-state index in [0.717, 1.165) is 0 Å². The van der Waals surface area contributed by atoms with Gasteiger partial charge in [0.1, 0.15) is 30.5 Å². The van der Waals surface area contributed by atoms with E-state index in [-0.39, 0.29) is 127 Å². The number of fused-ring (bicyclic) bond motifs is 10. The van der Waals surface area contributed by atoms with Gasteiger partial charge in [0.05, 0.1) is 31.2 Å². The molecule has 0 aromatic rings. The van der Waals surface area contributed by atoms with Gasteiger partial charge in [-0.05, 0) is 106 Å². The van der Waals surface area contributed by atoms with E-state index in [1.54, 1.807) is 20.8 Å². The Morgan fingerprint density at radius 3 is 1.53 bits per heavy atom. The molecule has 0 aromatic carbocycles. The fourth-order valence-electron chi connectivity index (χ4n) is 15.7. The minimum atomic E-state index is -5.29. The van der Waals surface area contributed by atoms with Gasteiger partial charge in [-0.2, -0.15) is 0 Å². The number of hydrogen-bond acceptors (Lipinski definition) is 16. The number of phosphoric acid groups is 1. The van der Waals surface area contributed by atoms with E-state index in [9.17, 15) is 68.9 Å². The van der Waals surface area contributed by atoms with E-state index in [0.29, 0.717) is 49.7 Å². The number of aliphatic hydroxyl groups excluding tert-OH is 4. The summed E-state index contributed by atoms with van der Waals surface area (Å²) in [6.45, 7) is 5.40. The molecule has 0 spiro atoms. The van der Waals surface area contributed by atoms with Crippen LogP contribution in [0.1, 0.15) is 118 Å². The molecule has 0 radical (unpaired) electrons. The Labute approximate surface area is 428 Å². The summed E-state index contributed by atoms with van der Waals surface area (Å²) in [7, 11) is -5.29. The fraction of sp³-hybridized carbons (Fsp3) is 0.783. The van der Waals surface area contributed by atoms with Gasteiger partial charge >= 0.3 is 78.9 Å². The second-order valence-corrected chi connectivity index (χ2v) is 22.6. The molecular weight excluding hydrogens is 901 g/mol. The van der Waals surface area contributed by atoms with Gasteiger partial charge in [-0.15, -0.1) is 0 Å². The topological polar surface area (TPSA) is 289 Å². The molecule has 17 nitrogen and oxygen atoms in total. The van der Waals surface area contributed by atoms with Crippen molar-refractivity contribution in [1.29, 1.82) is 0 Å². The fourth-order valence-corrected chi connectivity index (χ4v) is 16.7. The Hall–Kier alpha value is -0.990. The van der Waals surface area contributed by atoms with Crippen molar-refractivity contribution in [2.75, 3.05) is 13.2 Å². The zero-order valence-corrected chi connectivity index (χ0v) is 37.8. The van der Waals surface area contributed by atoms with Crippen molar-refractivity contribution in [3.8, 4) is 0 Å². The number of esters is 1. The molecule has 0 aromatic heterocycles. The van der Waals surface area contributed by atoms with Crippen LogP contribution in [0.3, 0.4) is 0 Å². The van der Waals surface area contributed by atoms with Gasteiger partial charge < -0.3 is 39.9 Å². The summed E-state index contributed by atoms with van der Waals surface area (Å²) in [6, 6.07) is 0. The van der Waals surface area contributed by atoms with E-state index < -0.39 is 132 Å². The van der Waals surface area contributed by atoms with Crippen LogP contribution in [-0.2, 0) is 47.1 Å². The summed E-state index contributed by atoms with van der Waals surface area (Å²) in [5.74, 6) is -6.44. The van der Waals surface area contributed by atoms with E-state index in [1.807, 2.05) is 6.92 Å². The average molecular weight is 967 g/mol. The van der Waals surface area contributed by atoms with E-state index >= 15 is 0 Å². The van der Waals surface area contributed by atoms with Gasteiger partial charge in [0.15, 0.2) is 23.1 Å². The predicted octanol–water partition coefficient (Wildman–Crippen LogP) is 1.22. The van der Waals surface area contributed by atoms with Crippen molar-refractivity contribution >= 4 is 102 Å². The zero-order valence-electron chi connectivity index (χ0n) is 36.9. The first-order valence-corrected chi connectivity index (χ1v) is 24.3. The average Bonchev–Trinajstić information content (AvgIpc) is 3.65. The van der Waals surface area contributed by atoms with Gasteiger partial charge in [0.2, 0.25) is 0 Å². The molecule has 7 N–H and O–H groups in total. The number of carbonyl (C=O) groups excluding carboxylic acids is 6. The number of aliphatic hydroxyl groups is 6. The van der Waals surface area contributed by atoms with Crippen LogP contribution in [0.15, 0.2) is 23.3 Å². The first kappa shape index (κ1) is 54.3. The Morgan fingerprint density at radius 1 is 0.682 bits per heavy atom. The van der Waals surface area contributed by atoms with Crippen LogP contribution in [0.4, 0.5) is 0 Å². The molecule has 8 aliphatic carbocycles. The van der Waals surface area contributed by atoms with Gasteiger partial charge in [-0.3, -0.25) is 38.2 Å². The normalized spacial score (nSPS) is 45.3. The molecule has 8 rings (SSSR count). The number of carbonyl (C=O) groups is 6. The summed E-state index contributed by atoms with van der Waals surface area (Å²) in [5.41, 5.74) is -6.68. The molecule has 0 saturated heterocycles. The summed E-state index contributed by atoms with van der Waals surface area (Å²) < 4.78 is 30.2. The number of phosphoric ester groups is 1. The molecular formula is C46H65Na2O17P. The van der Waals surface area contributed by atoms with Crippen LogP contribution in [0.2, 0.25) is 0 Å². The van der Waals surface area contributed by atoms with Crippen molar-refractivity contribution in [3.05, 3.63) is 23.3 Å². The Morgan fingerprint density at radius 2 is 1.09 bits per heavy atom. The molecule has 17 atom stereocenters. The molecule has 6 saturated carbocycles. The minimum absolute atomic E-state index is 0. The number of Topliss-reactive ketones (excluding diaryl/α,β-unsaturated/α-hetero) is 2. The maximum atomic E-state index is 13.6. The number of ether oxygens (including phenoxy) is 1.